The molecule has 0 saturated carbocycles. The topological polar surface area (TPSA) is 87.6 Å². The molecule has 0 amide bonds. The first kappa shape index (κ1) is 17.1. The van der Waals surface area contributed by atoms with Crippen molar-refractivity contribution in [3.05, 3.63) is 59.4 Å². The molecule has 6 nitrogen and oxygen atoms in total. The highest BCUT2D eigenvalue weighted by molar-refractivity contribution is 7.89. The normalized spacial score (nSPS) is 11.6. The van der Waals surface area contributed by atoms with Crippen LogP contribution in [0.4, 0.5) is 0 Å². The van der Waals surface area contributed by atoms with Crippen LogP contribution in [-0.2, 0) is 16.4 Å². The van der Waals surface area contributed by atoms with Crippen molar-refractivity contribution in [1.29, 1.82) is 0 Å². The molecule has 1 aromatic heterocycles. The summed E-state index contributed by atoms with van der Waals surface area (Å²) in [7, 11) is -2.24. The number of sulfonamides is 1. The van der Waals surface area contributed by atoms with Crippen LogP contribution in [0.2, 0.25) is 0 Å². The van der Waals surface area contributed by atoms with E-state index in [-0.39, 0.29) is 10.5 Å². The lowest BCUT2D eigenvalue weighted by atomic mass is 10.1. The highest BCUT2D eigenvalue weighted by Gasteiger charge is 2.22. The van der Waals surface area contributed by atoms with Gasteiger partial charge in [-0.2, -0.15) is 0 Å². The molecular formula is C16H18N2O4S. The molecule has 0 aliphatic heterocycles. The second-order valence-electron chi connectivity index (χ2n) is 5.21. The van der Waals surface area contributed by atoms with Crippen molar-refractivity contribution in [2.45, 2.75) is 18.2 Å². The zero-order valence-electron chi connectivity index (χ0n) is 12.9. The van der Waals surface area contributed by atoms with Crippen LogP contribution >= 0.6 is 0 Å². The van der Waals surface area contributed by atoms with E-state index in [0.29, 0.717) is 18.5 Å². The molecule has 1 heterocycles. The molecule has 0 unspecified atom stereocenters. The molecule has 0 saturated heterocycles. The van der Waals surface area contributed by atoms with Crippen molar-refractivity contribution in [1.82, 2.24) is 9.29 Å². The molecule has 0 atom stereocenters. The summed E-state index contributed by atoms with van der Waals surface area (Å²) in [6, 6.07) is 7.80. The molecule has 0 radical (unpaired) electrons. The minimum Gasteiger partial charge on any atom is -0.478 e. The molecule has 1 aromatic carbocycles. The van der Waals surface area contributed by atoms with E-state index in [1.165, 1.54) is 29.6 Å². The standard InChI is InChI=1S/C16H18N2O4S/c1-12-3-4-14(11-15(12)16(19)20)23(21,22)18(2)10-7-13-5-8-17-9-6-13/h3-6,8-9,11H,7,10H2,1-2H3,(H,19,20). The Labute approximate surface area is 135 Å². The Morgan fingerprint density at radius 3 is 2.48 bits per heavy atom. The first-order valence-electron chi connectivity index (χ1n) is 7.01. The van der Waals surface area contributed by atoms with Crippen LogP contribution in [0.3, 0.4) is 0 Å². The van der Waals surface area contributed by atoms with Gasteiger partial charge in [0.05, 0.1) is 10.5 Å². The minimum atomic E-state index is -3.73. The van der Waals surface area contributed by atoms with E-state index < -0.39 is 16.0 Å². The summed E-state index contributed by atoms with van der Waals surface area (Å²) in [6.45, 7) is 1.93. The third kappa shape index (κ3) is 3.94. The van der Waals surface area contributed by atoms with E-state index in [0.717, 1.165) is 5.56 Å². The number of hydrogen-bond donors (Lipinski definition) is 1. The van der Waals surface area contributed by atoms with E-state index in [4.69, 9.17) is 5.11 Å². The summed E-state index contributed by atoms with van der Waals surface area (Å²) in [5.41, 5.74) is 1.50. The van der Waals surface area contributed by atoms with Gasteiger partial charge in [-0.25, -0.2) is 17.5 Å². The Morgan fingerprint density at radius 1 is 1.22 bits per heavy atom. The number of nitrogens with zero attached hydrogens (tertiary/aromatic N) is 2. The average Bonchev–Trinajstić information content (AvgIpc) is 2.53. The van der Waals surface area contributed by atoms with Crippen molar-refractivity contribution in [2.24, 2.45) is 0 Å². The fourth-order valence-electron chi connectivity index (χ4n) is 2.13. The summed E-state index contributed by atoms with van der Waals surface area (Å²) in [4.78, 5) is 15.1. The second kappa shape index (κ2) is 6.89. The van der Waals surface area contributed by atoms with Gasteiger partial charge in [-0.1, -0.05) is 6.07 Å². The summed E-state index contributed by atoms with van der Waals surface area (Å²) in [5.74, 6) is -1.14. The first-order chi connectivity index (χ1) is 10.8. The van der Waals surface area contributed by atoms with Gasteiger partial charge in [0, 0.05) is 26.0 Å². The minimum absolute atomic E-state index is 0.00592. The lowest BCUT2D eigenvalue weighted by Crippen LogP contribution is -2.29. The van der Waals surface area contributed by atoms with Crippen LogP contribution in [0.15, 0.2) is 47.6 Å². The fourth-order valence-corrected chi connectivity index (χ4v) is 3.33. The van der Waals surface area contributed by atoms with Gasteiger partial charge < -0.3 is 5.11 Å². The van der Waals surface area contributed by atoms with Gasteiger partial charge in [0.15, 0.2) is 0 Å². The molecule has 0 bridgehead atoms. The smallest absolute Gasteiger partial charge is 0.335 e. The largest absolute Gasteiger partial charge is 0.478 e. The lowest BCUT2D eigenvalue weighted by molar-refractivity contribution is 0.0696. The summed E-state index contributed by atoms with van der Waals surface area (Å²) in [5, 5.41) is 9.13. The lowest BCUT2D eigenvalue weighted by Gasteiger charge is -2.18. The van der Waals surface area contributed by atoms with Gasteiger partial charge in [0.2, 0.25) is 10.0 Å². The van der Waals surface area contributed by atoms with Crippen LogP contribution in [0.1, 0.15) is 21.5 Å². The van der Waals surface area contributed by atoms with Gasteiger partial charge in [0.1, 0.15) is 0 Å². The second-order valence-corrected chi connectivity index (χ2v) is 7.26. The summed E-state index contributed by atoms with van der Waals surface area (Å²) >= 11 is 0. The number of hydrogen-bond acceptors (Lipinski definition) is 4. The first-order valence-corrected chi connectivity index (χ1v) is 8.45. The maximum Gasteiger partial charge on any atom is 0.335 e. The number of pyridine rings is 1. The van der Waals surface area contributed by atoms with Crippen LogP contribution in [0, 0.1) is 6.92 Å². The molecule has 2 aromatic rings. The van der Waals surface area contributed by atoms with E-state index in [9.17, 15) is 13.2 Å². The third-order valence-corrected chi connectivity index (χ3v) is 5.47. The van der Waals surface area contributed by atoms with Gasteiger partial charge >= 0.3 is 5.97 Å². The van der Waals surface area contributed by atoms with Gasteiger partial charge in [0.25, 0.3) is 0 Å². The number of rotatable bonds is 6. The number of carboxylic acids is 1. The number of aromatic carboxylic acids is 1. The number of benzene rings is 1. The molecule has 7 heteroatoms. The molecule has 0 aliphatic carbocycles. The van der Waals surface area contributed by atoms with Gasteiger partial charge in [-0.05, 0) is 48.7 Å². The zero-order valence-corrected chi connectivity index (χ0v) is 13.7. The number of aryl methyl sites for hydroxylation is 1. The van der Waals surface area contributed by atoms with Crippen molar-refractivity contribution >= 4 is 16.0 Å². The van der Waals surface area contributed by atoms with Crippen LogP contribution in [-0.4, -0.2) is 42.4 Å². The number of carbonyl (C=O) groups is 1. The Hall–Kier alpha value is -2.25. The van der Waals surface area contributed by atoms with E-state index in [1.54, 1.807) is 19.3 Å². The van der Waals surface area contributed by atoms with Gasteiger partial charge in [-0.3, -0.25) is 4.98 Å². The third-order valence-electron chi connectivity index (χ3n) is 3.61. The Bertz CT molecular complexity index is 804. The molecule has 0 fully saturated rings. The predicted octanol–water partition coefficient (Wildman–Crippen LogP) is 1.95. The van der Waals surface area contributed by atoms with E-state index >= 15 is 0 Å². The highest BCUT2D eigenvalue weighted by Crippen LogP contribution is 2.19. The van der Waals surface area contributed by atoms with Crippen LogP contribution in [0.5, 0.6) is 0 Å². The van der Waals surface area contributed by atoms with E-state index in [2.05, 4.69) is 4.98 Å². The summed E-state index contributed by atoms with van der Waals surface area (Å²) in [6.07, 6.45) is 3.86. The highest BCUT2D eigenvalue weighted by atomic mass is 32.2. The molecule has 122 valence electrons. The van der Waals surface area contributed by atoms with Crippen molar-refractivity contribution < 1.29 is 18.3 Å². The fraction of sp³-hybridized carbons (Fsp3) is 0.250. The monoisotopic (exact) mass is 334 g/mol. The Kier molecular flexibility index (Phi) is 5.12. The molecular weight excluding hydrogens is 316 g/mol. The number of aromatic nitrogens is 1. The Morgan fingerprint density at radius 2 is 1.87 bits per heavy atom. The van der Waals surface area contributed by atoms with Gasteiger partial charge in [-0.15, -0.1) is 0 Å². The molecule has 23 heavy (non-hydrogen) atoms. The Balaban J connectivity index is 2.20. The quantitative estimate of drug-likeness (QED) is 0.872. The van der Waals surface area contributed by atoms with Crippen molar-refractivity contribution in [2.75, 3.05) is 13.6 Å². The van der Waals surface area contributed by atoms with E-state index in [1.807, 2.05) is 12.1 Å². The zero-order chi connectivity index (χ0) is 17.0. The molecule has 0 spiro atoms. The SMILES string of the molecule is Cc1ccc(S(=O)(=O)N(C)CCc2ccncc2)cc1C(=O)O. The predicted molar refractivity (Wildman–Crippen MR) is 85.9 cm³/mol. The maximum absolute atomic E-state index is 12.6. The summed E-state index contributed by atoms with van der Waals surface area (Å²) < 4.78 is 26.3. The maximum atomic E-state index is 12.6. The van der Waals surface area contributed by atoms with Crippen LogP contribution in [0.25, 0.3) is 0 Å². The molecule has 1 N–H and O–H groups in total. The number of likely N-dealkylation sites (N-methyl/N-ethyl adjacent to an activating group) is 1. The molecule has 2 rings (SSSR count). The van der Waals surface area contributed by atoms with Crippen LogP contribution < -0.4 is 0 Å². The molecule has 0 aliphatic rings. The van der Waals surface area contributed by atoms with Crippen molar-refractivity contribution in [3.8, 4) is 0 Å². The number of carboxylic acid groups (broad SMARTS) is 1. The average molecular weight is 334 g/mol. The van der Waals surface area contributed by atoms with Crippen molar-refractivity contribution in [3.63, 3.8) is 0 Å².